The number of benzene rings is 9. The van der Waals surface area contributed by atoms with Gasteiger partial charge in [-0.15, -0.1) is 5.73 Å². The minimum Gasteiger partial charge on any atom is -0.480 e. The molecule has 8 aliphatic carbocycles. The molecule has 3 nitrogen and oxygen atoms in total. The van der Waals surface area contributed by atoms with Crippen molar-refractivity contribution in [2.45, 2.75) is 47.3 Å². The highest BCUT2D eigenvalue weighted by atomic mass is 16.5. The summed E-state index contributed by atoms with van der Waals surface area (Å²) in [5.74, 6) is 1.51. The van der Waals surface area contributed by atoms with Gasteiger partial charge in [-0.3, -0.25) is 0 Å². The Morgan fingerprint density at radius 3 is 2.10 bits per heavy atom. The fourth-order valence-electron chi connectivity index (χ4n) is 17.5. The summed E-state index contributed by atoms with van der Waals surface area (Å²) >= 11 is 0. The molecule has 10 aliphatic rings. The second kappa shape index (κ2) is 17.4. The molecular formula is C85H57NO2. The number of fused-ring (bicyclic) bond motifs is 8. The maximum absolute atomic E-state index is 7.50. The summed E-state index contributed by atoms with van der Waals surface area (Å²) in [7, 11) is 0. The van der Waals surface area contributed by atoms with Gasteiger partial charge in [-0.25, -0.2) is 0 Å². The molecule has 414 valence electrons. The van der Waals surface area contributed by atoms with Gasteiger partial charge in [-0.05, 0) is 115 Å². The Kier molecular flexibility index (Phi) is 9.63. The van der Waals surface area contributed by atoms with Gasteiger partial charge in [0.2, 0.25) is 0 Å². The van der Waals surface area contributed by atoms with Crippen LogP contribution in [0.15, 0.2) is 301 Å². The Labute approximate surface area is 511 Å². The fraction of sp³-hybridized carbons (Fsp3) is 0.118. The normalized spacial score (nSPS) is 27.0. The second-order valence-corrected chi connectivity index (χ2v) is 26.0. The number of allylic oxidation sites excluding steroid dienone is 14. The summed E-state index contributed by atoms with van der Waals surface area (Å²) in [5.41, 5.74) is 23.8. The van der Waals surface area contributed by atoms with Gasteiger partial charge in [0.05, 0.1) is 17.0 Å². The van der Waals surface area contributed by atoms with Crippen molar-refractivity contribution in [1.29, 1.82) is 0 Å². The average molecular weight is 1120 g/mol. The molecule has 7 atom stereocenters. The lowest BCUT2D eigenvalue weighted by atomic mass is 9.78. The van der Waals surface area contributed by atoms with E-state index < -0.39 is 11.1 Å². The largest absolute Gasteiger partial charge is 0.480 e. The zero-order chi connectivity index (χ0) is 57.6. The molecule has 3 heterocycles. The van der Waals surface area contributed by atoms with Crippen molar-refractivity contribution >= 4 is 66.9 Å². The van der Waals surface area contributed by atoms with E-state index in [2.05, 4.69) is 308 Å². The van der Waals surface area contributed by atoms with E-state index >= 15 is 0 Å². The summed E-state index contributed by atoms with van der Waals surface area (Å²) < 4.78 is 14.8. The van der Waals surface area contributed by atoms with Crippen molar-refractivity contribution in [2.75, 3.05) is 4.90 Å². The standard InChI is InChI=1S/C85H57NO2/c1-5-20-54(21-6-1)73-37-19-44-83-53-85(73,83)88-80-65(32-17-36-75(80)83)59-38-40-61-49-64(47-59)86(84-50-60(42-45-82(61,84)52-84)66-31-16-33-70-71-34-18-35-74(79(71)87-78(66)70)81-43-14-13-27-62(81)51-81)63-28-15-26-57(46-63)58-39-41-69-72(48-58)77(56-24-9-3-10-25-56)68-30-12-4-11-29-67(68)76(69)55-22-7-2-8-23-55/h1-29,31-50,62,64H,51-53H2. The van der Waals surface area contributed by atoms with Gasteiger partial charge >= 0.3 is 0 Å². The van der Waals surface area contributed by atoms with E-state index in [9.17, 15) is 0 Å². The zero-order valence-corrected chi connectivity index (χ0v) is 48.3. The molecule has 10 aromatic rings. The maximum atomic E-state index is 7.50. The average Bonchev–Trinajstić information content (AvgIpc) is 1.49. The van der Waals surface area contributed by atoms with Crippen LogP contribution in [0.5, 0.6) is 5.75 Å². The fourth-order valence-corrected chi connectivity index (χ4v) is 17.5. The first kappa shape index (κ1) is 48.8. The molecule has 7 unspecified atom stereocenters. The van der Waals surface area contributed by atoms with Gasteiger partial charge in [0.25, 0.3) is 0 Å². The van der Waals surface area contributed by atoms with Crippen molar-refractivity contribution in [3.63, 3.8) is 0 Å². The Balaban J connectivity index is 0.766. The number of nitrogens with zero attached hydrogens (tertiary/aromatic N) is 1. The van der Waals surface area contributed by atoms with Crippen molar-refractivity contribution in [2.24, 2.45) is 11.3 Å². The van der Waals surface area contributed by atoms with Crippen LogP contribution in [0.4, 0.5) is 5.69 Å². The third kappa shape index (κ3) is 6.43. The molecule has 3 saturated carbocycles. The lowest BCUT2D eigenvalue weighted by Crippen LogP contribution is -2.50. The van der Waals surface area contributed by atoms with E-state index in [1.165, 1.54) is 93.9 Å². The van der Waals surface area contributed by atoms with E-state index in [0.717, 1.165) is 63.5 Å². The van der Waals surface area contributed by atoms with Crippen molar-refractivity contribution < 1.29 is 9.15 Å². The lowest BCUT2D eigenvalue weighted by Gasteiger charge is -2.45. The van der Waals surface area contributed by atoms with Gasteiger partial charge in [0.1, 0.15) is 22.5 Å². The maximum Gasteiger partial charge on any atom is 0.149 e. The molecule has 2 aliphatic heterocycles. The Morgan fingerprint density at radius 2 is 1.25 bits per heavy atom. The molecule has 9 aromatic carbocycles. The molecule has 3 fully saturated rings. The van der Waals surface area contributed by atoms with Crippen LogP contribution in [0, 0.1) is 11.3 Å². The zero-order valence-electron chi connectivity index (χ0n) is 48.3. The summed E-state index contributed by atoms with van der Waals surface area (Å²) in [6.45, 7) is 0. The van der Waals surface area contributed by atoms with Crippen molar-refractivity contribution in [1.82, 2.24) is 0 Å². The van der Waals surface area contributed by atoms with Crippen LogP contribution < -0.4 is 20.1 Å². The highest BCUT2D eigenvalue weighted by molar-refractivity contribution is 6.11. The first-order valence-electron chi connectivity index (χ1n) is 31.3. The van der Waals surface area contributed by atoms with E-state index in [1.54, 1.807) is 0 Å². The molecule has 1 aromatic heterocycles. The van der Waals surface area contributed by atoms with Gasteiger partial charge in [0.15, 0.2) is 0 Å². The number of rotatable bonds is 8. The number of anilines is 1. The molecule has 0 radical (unpaired) electrons. The number of ether oxygens (including phenoxy) is 1. The van der Waals surface area contributed by atoms with Crippen LogP contribution in [-0.4, -0.2) is 17.2 Å². The van der Waals surface area contributed by atoms with E-state index in [4.69, 9.17) is 9.15 Å². The van der Waals surface area contributed by atoms with Crippen LogP contribution in [0.25, 0.3) is 94.6 Å². The first-order chi connectivity index (χ1) is 43.5. The summed E-state index contributed by atoms with van der Waals surface area (Å²) in [6, 6.07) is 69.5. The second-order valence-electron chi connectivity index (χ2n) is 26.0. The van der Waals surface area contributed by atoms with Gasteiger partial charge in [-0.1, -0.05) is 267 Å². The molecule has 0 N–H and O–H groups in total. The Hall–Kier alpha value is -10.4. The Bertz CT molecular complexity index is 5340. The predicted octanol–water partition coefficient (Wildman–Crippen LogP) is 18.4. The summed E-state index contributed by atoms with van der Waals surface area (Å²) in [6.07, 6.45) is 45.2. The number of furan rings is 1. The third-order valence-electron chi connectivity index (χ3n) is 21.8. The molecule has 0 saturated heterocycles. The third-order valence-corrected chi connectivity index (χ3v) is 21.8. The van der Waals surface area contributed by atoms with Crippen LogP contribution in [0.1, 0.15) is 47.1 Å². The van der Waals surface area contributed by atoms with Crippen molar-refractivity contribution in [3.05, 3.63) is 335 Å². The minimum atomic E-state index is -0.425. The summed E-state index contributed by atoms with van der Waals surface area (Å²) in [4.78, 5) is 2.77. The SMILES string of the molecule is C1=CC=CC=c2c(-c3ccccc3)c3ccc(-c4cccc(N5C6C=C(c7cccc8c7OC79CC87C=CC=C9c7ccccc7)C=CC(=C6)C67C=CC(c8cccc9c8oc8c(C%10%11C=CC=CC%10C%11)cccc89)=CC56C7)c4)cc3c(-c3ccccc3)c2=1. The first-order valence-corrected chi connectivity index (χ1v) is 31.3. The number of hydrogen-bond donors (Lipinski definition) is 0. The smallest absolute Gasteiger partial charge is 0.149 e. The van der Waals surface area contributed by atoms with Crippen LogP contribution in [0.2, 0.25) is 0 Å². The summed E-state index contributed by atoms with van der Waals surface area (Å²) in [5, 5.41) is 7.05. The quantitative estimate of drug-likeness (QED) is 0.152. The van der Waals surface area contributed by atoms with Gasteiger partial charge < -0.3 is 14.1 Å². The Morgan fingerprint density at radius 1 is 0.500 bits per heavy atom. The highest BCUT2D eigenvalue weighted by Crippen LogP contribution is 2.75. The van der Waals surface area contributed by atoms with Crippen LogP contribution in [-0.2, 0) is 10.8 Å². The highest BCUT2D eigenvalue weighted by Gasteiger charge is 2.77. The van der Waals surface area contributed by atoms with Gasteiger partial charge in [-0.2, -0.15) is 0 Å². The molecule has 20 rings (SSSR count). The topological polar surface area (TPSA) is 25.6 Å². The van der Waals surface area contributed by atoms with E-state index in [-0.39, 0.29) is 22.3 Å². The molecular weight excluding hydrogens is 1070 g/mol. The number of para-hydroxylation sites is 3. The van der Waals surface area contributed by atoms with Crippen LogP contribution in [0.3, 0.4) is 0 Å². The monoisotopic (exact) mass is 1120 g/mol. The van der Waals surface area contributed by atoms with Crippen molar-refractivity contribution in [3.8, 4) is 39.1 Å². The van der Waals surface area contributed by atoms with E-state index in [1.807, 2.05) is 0 Å². The molecule has 88 heavy (non-hydrogen) atoms. The molecule has 3 heteroatoms. The molecule has 2 bridgehead atoms. The lowest BCUT2D eigenvalue weighted by molar-refractivity contribution is 0.245. The molecule has 0 spiro atoms. The van der Waals surface area contributed by atoms with Crippen LogP contribution >= 0.6 is 0 Å². The number of hydrogen-bond acceptors (Lipinski definition) is 3. The minimum absolute atomic E-state index is 0.00347. The predicted molar refractivity (Wildman–Crippen MR) is 361 cm³/mol. The molecule has 0 amide bonds. The van der Waals surface area contributed by atoms with Gasteiger partial charge in [0, 0.05) is 72.3 Å². The van der Waals surface area contributed by atoms with E-state index in [0.29, 0.717) is 5.92 Å².